The number of amides is 1. The number of carbonyl (C=O) groups is 1. The highest BCUT2D eigenvalue weighted by Crippen LogP contribution is 2.57. The number of carbonyl (C=O) groups excluding carboxylic acids is 1. The maximum Gasteiger partial charge on any atom is 0.262 e. The number of hydrogen-bond donors (Lipinski definition) is 1. The highest BCUT2D eigenvalue weighted by molar-refractivity contribution is 5.83. The Morgan fingerprint density at radius 2 is 1.86 bits per heavy atom. The first kappa shape index (κ1) is 15.9. The summed E-state index contributed by atoms with van der Waals surface area (Å²) in [5.74, 6) is -4.40. The van der Waals surface area contributed by atoms with E-state index in [1.54, 1.807) is 0 Å². The van der Waals surface area contributed by atoms with Crippen LogP contribution in [-0.4, -0.2) is 11.8 Å². The van der Waals surface area contributed by atoms with Crippen LogP contribution in [-0.2, 0) is 4.79 Å². The summed E-state index contributed by atoms with van der Waals surface area (Å²) in [6.45, 7) is 1.95. The van der Waals surface area contributed by atoms with Gasteiger partial charge in [0.15, 0.2) is 0 Å². The molecule has 1 aromatic carbocycles. The summed E-state index contributed by atoms with van der Waals surface area (Å²) in [5, 5.41) is 0. The standard InChI is InChI=1S/C17H23F2NO/c1-2-8-14(13-9-4-3-5-10-13)16(15(20)21)11-6-7-12-17(16,18)19/h3-5,9-10,14H,2,6-8,11-12H2,1H3,(H2,20,21). The average molecular weight is 295 g/mol. The van der Waals surface area contributed by atoms with Crippen molar-refractivity contribution in [2.45, 2.75) is 57.3 Å². The topological polar surface area (TPSA) is 43.1 Å². The first-order chi connectivity index (χ1) is 9.95. The molecule has 1 aliphatic carbocycles. The maximum atomic E-state index is 14.7. The summed E-state index contributed by atoms with van der Waals surface area (Å²) >= 11 is 0. The summed E-state index contributed by atoms with van der Waals surface area (Å²) < 4.78 is 29.5. The van der Waals surface area contributed by atoms with Gasteiger partial charge in [0.2, 0.25) is 5.91 Å². The second kappa shape index (κ2) is 6.12. The number of hydrogen-bond acceptors (Lipinski definition) is 1. The van der Waals surface area contributed by atoms with Gasteiger partial charge < -0.3 is 5.73 Å². The molecular weight excluding hydrogens is 272 g/mol. The average Bonchev–Trinajstić information content (AvgIpc) is 2.46. The Morgan fingerprint density at radius 3 is 2.38 bits per heavy atom. The summed E-state index contributed by atoms with van der Waals surface area (Å²) in [6.07, 6.45) is 2.30. The highest BCUT2D eigenvalue weighted by atomic mass is 19.3. The quantitative estimate of drug-likeness (QED) is 0.867. The van der Waals surface area contributed by atoms with Crippen LogP contribution in [0, 0.1) is 5.41 Å². The lowest BCUT2D eigenvalue weighted by Gasteiger charge is -2.46. The molecule has 2 N–H and O–H groups in total. The van der Waals surface area contributed by atoms with Gasteiger partial charge in [0.25, 0.3) is 5.92 Å². The number of halogens is 2. The molecule has 2 unspecified atom stereocenters. The number of benzene rings is 1. The van der Waals surface area contributed by atoms with Gasteiger partial charge >= 0.3 is 0 Å². The first-order valence-corrected chi connectivity index (χ1v) is 7.68. The second-order valence-corrected chi connectivity index (χ2v) is 6.00. The third-order valence-corrected chi connectivity index (χ3v) is 4.78. The van der Waals surface area contributed by atoms with Crippen molar-refractivity contribution in [2.24, 2.45) is 11.1 Å². The molecule has 2 nitrogen and oxygen atoms in total. The molecule has 1 aliphatic rings. The van der Waals surface area contributed by atoms with Crippen LogP contribution in [0.3, 0.4) is 0 Å². The van der Waals surface area contributed by atoms with Gasteiger partial charge in [-0.2, -0.15) is 0 Å². The Kier molecular flexibility index (Phi) is 4.64. The van der Waals surface area contributed by atoms with Crippen molar-refractivity contribution in [3.05, 3.63) is 35.9 Å². The van der Waals surface area contributed by atoms with Crippen LogP contribution in [0.4, 0.5) is 8.78 Å². The van der Waals surface area contributed by atoms with E-state index in [1.165, 1.54) is 0 Å². The molecule has 0 spiro atoms. The number of alkyl halides is 2. The van der Waals surface area contributed by atoms with Gasteiger partial charge in [-0.3, -0.25) is 4.79 Å². The molecule has 0 bridgehead atoms. The molecule has 0 aliphatic heterocycles. The molecule has 4 heteroatoms. The Morgan fingerprint density at radius 1 is 1.24 bits per heavy atom. The minimum atomic E-state index is -3.03. The van der Waals surface area contributed by atoms with E-state index in [1.807, 2.05) is 37.3 Å². The molecule has 0 aromatic heterocycles. The predicted octanol–water partition coefficient (Wildman–Crippen LogP) is 4.25. The van der Waals surface area contributed by atoms with E-state index in [9.17, 15) is 13.6 Å². The molecule has 1 amide bonds. The Bertz CT molecular complexity index is 489. The van der Waals surface area contributed by atoms with Crippen molar-refractivity contribution in [1.29, 1.82) is 0 Å². The van der Waals surface area contributed by atoms with E-state index < -0.39 is 23.2 Å². The Hall–Kier alpha value is -1.45. The van der Waals surface area contributed by atoms with Crippen LogP contribution >= 0.6 is 0 Å². The molecule has 2 atom stereocenters. The normalized spacial score (nSPS) is 26.2. The zero-order valence-electron chi connectivity index (χ0n) is 12.4. The van der Waals surface area contributed by atoms with Crippen molar-refractivity contribution in [1.82, 2.24) is 0 Å². The van der Waals surface area contributed by atoms with Crippen LogP contribution in [0.15, 0.2) is 30.3 Å². The van der Waals surface area contributed by atoms with E-state index in [0.29, 0.717) is 19.3 Å². The molecule has 1 fully saturated rings. The van der Waals surface area contributed by atoms with Crippen molar-refractivity contribution in [3.63, 3.8) is 0 Å². The smallest absolute Gasteiger partial charge is 0.262 e. The van der Waals surface area contributed by atoms with Gasteiger partial charge in [0.1, 0.15) is 5.41 Å². The van der Waals surface area contributed by atoms with Crippen LogP contribution in [0.5, 0.6) is 0 Å². The van der Waals surface area contributed by atoms with Crippen molar-refractivity contribution in [2.75, 3.05) is 0 Å². The number of primary amides is 1. The molecule has 1 aromatic rings. The summed E-state index contributed by atoms with van der Waals surface area (Å²) in [7, 11) is 0. The van der Waals surface area contributed by atoms with E-state index >= 15 is 0 Å². The zero-order valence-corrected chi connectivity index (χ0v) is 12.4. The van der Waals surface area contributed by atoms with E-state index in [2.05, 4.69) is 0 Å². The van der Waals surface area contributed by atoms with Crippen molar-refractivity contribution >= 4 is 5.91 Å². The molecule has 0 saturated heterocycles. The fourth-order valence-corrected chi connectivity index (χ4v) is 3.73. The molecule has 0 heterocycles. The fraction of sp³-hybridized carbons (Fsp3) is 0.588. The fourth-order valence-electron chi connectivity index (χ4n) is 3.73. The first-order valence-electron chi connectivity index (χ1n) is 7.68. The second-order valence-electron chi connectivity index (χ2n) is 6.00. The largest absolute Gasteiger partial charge is 0.369 e. The SMILES string of the molecule is CCCC(c1ccccc1)C1(C(N)=O)CCCCC1(F)F. The third-order valence-electron chi connectivity index (χ3n) is 4.78. The maximum absolute atomic E-state index is 14.7. The minimum Gasteiger partial charge on any atom is -0.369 e. The predicted molar refractivity (Wildman–Crippen MR) is 79.1 cm³/mol. The third kappa shape index (κ3) is 2.68. The Balaban J connectivity index is 2.54. The lowest BCUT2D eigenvalue weighted by Crippen LogP contribution is -2.56. The van der Waals surface area contributed by atoms with E-state index in [0.717, 1.165) is 12.0 Å². The van der Waals surface area contributed by atoms with Crippen LogP contribution < -0.4 is 5.73 Å². The van der Waals surface area contributed by atoms with Gasteiger partial charge in [-0.25, -0.2) is 8.78 Å². The lowest BCUT2D eigenvalue weighted by atomic mass is 9.59. The zero-order chi connectivity index (χ0) is 15.5. The van der Waals surface area contributed by atoms with E-state index in [-0.39, 0.29) is 12.8 Å². The monoisotopic (exact) mass is 295 g/mol. The number of nitrogens with two attached hydrogens (primary N) is 1. The molecule has 0 radical (unpaired) electrons. The van der Waals surface area contributed by atoms with Gasteiger partial charge in [-0.15, -0.1) is 0 Å². The summed E-state index contributed by atoms with van der Waals surface area (Å²) in [5.41, 5.74) is 4.57. The summed E-state index contributed by atoms with van der Waals surface area (Å²) in [4.78, 5) is 12.1. The lowest BCUT2D eigenvalue weighted by molar-refractivity contribution is -0.178. The van der Waals surface area contributed by atoms with Crippen LogP contribution in [0.2, 0.25) is 0 Å². The molecule has 1 saturated carbocycles. The van der Waals surface area contributed by atoms with Gasteiger partial charge in [-0.1, -0.05) is 50.1 Å². The minimum absolute atomic E-state index is 0.175. The Labute approximate surface area is 124 Å². The molecule has 116 valence electrons. The van der Waals surface area contributed by atoms with Gasteiger partial charge in [0, 0.05) is 12.3 Å². The van der Waals surface area contributed by atoms with Gasteiger partial charge in [-0.05, 0) is 24.8 Å². The number of rotatable bonds is 5. The van der Waals surface area contributed by atoms with Gasteiger partial charge in [0.05, 0.1) is 0 Å². The highest BCUT2D eigenvalue weighted by Gasteiger charge is 2.62. The molecule has 2 rings (SSSR count). The van der Waals surface area contributed by atoms with Crippen LogP contribution in [0.25, 0.3) is 0 Å². The molecular formula is C17H23F2NO. The van der Waals surface area contributed by atoms with E-state index in [4.69, 9.17) is 5.73 Å². The summed E-state index contributed by atoms with van der Waals surface area (Å²) in [6, 6.07) is 9.16. The van der Waals surface area contributed by atoms with Crippen molar-refractivity contribution < 1.29 is 13.6 Å². The van der Waals surface area contributed by atoms with Crippen molar-refractivity contribution in [3.8, 4) is 0 Å². The van der Waals surface area contributed by atoms with Crippen LogP contribution in [0.1, 0.15) is 56.9 Å². The molecule has 21 heavy (non-hydrogen) atoms.